The van der Waals surface area contributed by atoms with Gasteiger partial charge in [-0.1, -0.05) is 41.4 Å². The zero-order valence-electron chi connectivity index (χ0n) is 13.4. The normalized spacial score (nSPS) is 18.0. The second-order valence-corrected chi connectivity index (χ2v) is 6.65. The highest BCUT2D eigenvalue weighted by Gasteiger charge is 2.32. The van der Waals surface area contributed by atoms with Crippen molar-refractivity contribution < 1.29 is 4.79 Å². The first-order chi connectivity index (χ1) is 11.6. The number of aromatic nitrogens is 1. The Kier molecular flexibility index (Phi) is 5.02. The first kappa shape index (κ1) is 16.7. The summed E-state index contributed by atoms with van der Waals surface area (Å²) in [6.07, 6.45) is 3.51. The first-order valence-corrected chi connectivity index (χ1v) is 8.75. The lowest BCUT2D eigenvalue weighted by Crippen LogP contribution is -2.28. The molecule has 2 heterocycles. The Labute approximate surface area is 150 Å². The minimum atomic E-state index is -0.0391. The second-order valence-electron chi connectivity index (χ2n) is 5.28. The van der Waals surface area contributed by atoms with Crippen molar-refractivity contribution in [2.24, 2.45) is 4.99 Å². The van der Waals surface area contributed by atoms with Crippen molar-refractivity contribution in [2.75, 3.05) is 6.54 Å². The van der Waals surface area contributed by atoms with Crippen LogP contribution < -0.4 is 0 Å². The van der Waals surface area contributed by atoms with E-state index in [9.17, 15) is 4.79 Å². The van der Waals surface area contributed by atoms with Gasteiger partial charge in [-0.15, -0.1) is 0 Å². The van der Waals surface area contributed by atoms with Crippen molar-refractivity contribution in [2.45, 2.75) is 13.8 Å². The van der Waals surface area contributed by atoms with E-state index in [1.165, 1.54) is 11.8 Å². The number of benzene rings is 1. The lowest BCUT2D eigenvalue weighted by atomic mass is 10.1. The molecule has 6 heteroatoms. The van der Waals surface area contributed by atoms with Crippen molar-refractivity contribution >= 4 is 46.2 Å². The van der Waals surface area contributed by atoms with Crippen LogP contribution in [0.1, 0.15) is 18.1 Å². The number of amidine groups is 1. The fourth-order valence-corrected chi connectivity index (χ4v) is 3.56. The number of nitrogens with zero attached hydrogens (tertiary/aromatic N) is 3. The third-order valence-electron chi connectivity index (χ3n) is 3.50. The number of aryl methyl sites for hydroxylation is 1. The molecule has 1 fully saturated rings. The van der Waals surface area contributed by atoms with Gasteiger partial charge in [0.15, 0.2) is 10.3 Å². The Morgan fingerprint density at radius 2 is 2.17 bits per heavy atom. The molecule has 1 saturated heterocycles. The average Bonchev–Trinajstić information content (AvgIpc) is 2.85. The molecule has 0 atom stereocenters. The first-order valence-electron chi connectivity index (χ1n) is 7.55. The van der Waals surface area contributed by atoms with E-state index in [0.29, 0.717) is 27.5 Å². The predicted octanol–water partition coefficient (Wildman–Crippen LogP) is 4.67. The topological polar surface area (TPSA) is 45.6 Å². The van der Waals surface area contributed by atoms with Crippen molar-refractivity contribution in [1.82, 2.24) is 9.88 Å². The molecular weight excluding hydrogens is 342 g/mol. The van der Waals surface area contributed by atoms with E-state index in [4.69, 9.17) is 11.6 Å². The summed E-state index contributed by atoms with van der Waals surface area (Å²) in [4.78, 5) is 23.5. The maximum absolute atomic E-state index is 12.6. The van der Waals surface area contributed by atoms with Gasteiger partial charge in [0.2, 0.25) is 0 Å². The lowest BCUT2D eigenvalue weighted by molar-refractivity contribution is -0.122. The molecule has 0 spiro atoms. The van der Waals surface area contributed by atoms with Crippen LogP contribution in [0.5, 0.6) is 0 Å². The SMILES string of the molecule is CCN1C(=O)/C(=C/c2cccc(C)c2)SC1=Nc1cccnc1Cl. The summed E-state index contributed by atoms with van der Waals surface area (Å²) in [5.74, 6) is -0.0391. The van der Waals surface area contributed by atoms with Gasteiger partial charge in [-0.25, -0.2) is 9.98 Å². The van der Waals surface area contributed by atoms with Gasteiger partial charge in [0, 0.05) is 12.7 Å². The Morgan fingerprint density at radius 1 is 1.33 bits per heavy atom. The van der Waals surface area contributed by atoms with Gasteiger partial charge in [-0.3, -0.25) is 9.69 Å². The van der Waals surface area contributed by atoms with E-state index in [2.05, 4.69) is 9.98 Å². The summed E-state index contributed by atoms with van der Waals surface area (Å²) >= 11 is 7.42. The molecule has 1 aliphatic heterocycles. The van der Waals surface area contributed by atoms with Gasteiger partial charge in [0.05, 0.1) is 4.91 Å². The standard InChI is InChI=1S/C18H16ClN3OS/c1-3-22-17(23)15(11-13-7-4-6-12(2)10-13)24-18(22)21-14-8-5-9-20-16(14)19/h4-11H,3H2,1-2H3/b15-11-,21-18?. The number of rotatable bonds is 3. The minimum Gasteiger partial charge on any atom is -0.287 e. The van der Waals surface area contributed by atoms with Gasteiger partial charge in [0.1, 0.15) is 5.69 Å². The highest BCUT2D eigenvalue weighted by molar-refractivity contribution is 8.18. The summed E-state index contributed by atoms with van der Waals surface area (Å²) in [6.45, 7) is 4.50. The zero-order valence-corrected chi connectivity index (χ0v) is 14.9. The molecule has 24 heavy (non-hydrogen) atoms. The number of aliphatic imine (C=N–C) groups is 1. The third kappa shape index (κ3) is 3.52. The molecule has 1 aliphatic rings. The molecule has 4 nitrogen and oxygen atoms in total. The molecule has 0 N–H and O–H groups in total. The van der Waals surface area contributed by atoms with Gasteiger partial charge in [0.25, 0.3) is 5.91 Å². The number of likely N-dealkylation sites (N-methyl/N-ethyl adjacent to an activating group) is 1. The molecule has 0 saturated carbocycles. The molecule has 2 aromatic rings. The molecule has 1 aromatic heterocycles. The van der Waals surface area contributed by atoms with Gasteiger partial charge in [-0.2, -0.15) is 0 Å². The summed E-state index contributed by atoms with van der Waals surface area (Å²) in [6, 6.07) is 11.6. The van der Waals surface area contributed by atoms with Crippen LogP contribution in [-0.4, -0.2) is 27.5 Å². The Balaban J connectivity index is 1.96. The average molecular weight is 358 g/mol. The molecule has 1 amide bonds. The monoisotopic (exact) mass is 357 g/mol. The Hall–Kier alpha value is -2.11. The van der Waals surface area contributed by atoms with E-state index in [0.717, 1.165) is 11.1 Å². The van der Waals surface area contributed by atoms with Gasteiger partial charge < -0.3 is 0 Å². The largest absolute Gasteiger partial charge is 0.287 e. The highest BCUT2D eigenvalue weighted by atomic mass is 35.5. The fraction of sp³-hybridized carbons (Fsp3) is 0.167. The number of thioether (sulfide) groups is 1. The van der Waals surface area contributed by atoms with E-state index in [-0.39, 0.29) is 5.91 Å². The predicted molar refractivity (Wildman–Crippen MR) is 100 cm³/mol. The van der Waals surface area contributed by atoms with E-state index in [1.54, 1.807) is 23.2 Å². The smallest absolute Gasteiger partial charge is 0.266 e. The number of carbonyl (C=O) groups is 1. The number of hydrogen-bond acceptors (Lipinski definition) is 4. The number of carbonyl (C=O) groups excluding carboxylic acids is 1. The lowest BCUT2D eigenvalue weighted by Gasteiger charge is -2.12. The van der Waals surface area contributed by atoms with Crippen LogP contribution in [0.3, 0.4) is 0 Å². The molecule has 1 aromatic carbocycles. The zero-order chi connectivity index (χ0) is 17.1. The van der Waals surface area contributed by atoms with E-state index in [1.807, 2.05) is 44.2 Å². The molecular formula is C18H16ClN3OS. The second kappa shape index (κ2) is 7.20. The van der Waals surface area contributed by atoms with Crippen molar-refractivity contribution in [3.05, 3.63) is 63.8 Å². The third-order valence-corrected chi connectivity index (χ3v) is 4.80. The summed E-state index contributed by atoms with van der Waals surface area (Å²) in [5, 5.41) is 0.946. The number of halogens is 1. The van der Waals surface area contributed by atoms with E-state index < -0.39 is 0 Å². The van der Waals surface area contributed by atoms with Crippen molar-refractivity contribution in [1.29, 1.82) is 0 Å². The Bertz CT molecular complexity index is 848. The van der Waals surface area contributed by atoms with Crippen LogP contribution in [0.2, 0.25) is 5.15 Å². The molecule has 122 valence electrons. The van der Waals surface area contributed by atoms with E-state index >= 15 is 0 Å². The summed E-state index contributed by atoms with van der Waals surface area (Å²) in [7, 11) is 0. The Morgan fingerprint density at radius 3 is 2.88 bits per heavy atom. The molecule has 3 rings (SSSR count). The number of amides is 1. The van der Waals surface area contributed by atoms with Crippen LogP contribution in [-0.2, 0) is 4.79 Å². The maximum Gasteiger partial charge on any atom is 0.266 e. The molecule has 0 radical (unpaired) electrons. The quantitative estimate of drug-likeness (QED) is 0.592. The van der Waals surface area contributed by atoms with Crippen LogP contribution in [0.15, 0.2) is 52.5 Å². The highest BCUT2D eigenvalue weighted by Crippen LogP contribution is 2.35. The van der Waals surface area contributed by atoms with Crippen LogP contribution in [0, 0.1) is 6.92 Å². The number of hydrogen-bond donors (Lipinski definition) is 0. The van der Waals surface area contributed by atoms with Gasteiger partial charge >= 0.3 is 0 Å². The molecule has 0 aliphatic carbocycles. The molecule has 0 unspecified atom stereocenters. The maximum atomic E-state index is 12.6. The minimum absolute atomic E-state index is 0.0391. The van der Waals surface area contributed by atoms with Crippen molar-refractivity contribution in [3.63, 3.8) is 0 Å². The summed E-state index contributed by atoms with van der Waals surface area (Å²) in [5.41, 5.74) is 2.72. The van der Waals surface area contributed by atoms with Crippen LogP contribution >= 0.6 is 23.4 Å². The van der Waals surface area contributed by atoms with Crippen LogP contribution in [0.4, 0.5) is 5.69 Å². The molecule has 0 bridgehead atoms. The number of pyridine rings is 1. The summed E-state index contributed by atoms with van der Waals surface area (Å²) < 4.78 is 0. The van der Waals surface area contributed by atoms with Crippen LogP contribution in [0.25, 0.3) is 6.08 Å². The van der Waals surface area contributed by atoms with Crippen molar-refractivity contribution in [3.8, 4) is 0 Å². The fourth-order valence-electron chi connectivity index (χ4n) is 2.35. The van der Waals surface area contributed by atoms with Gasteiger partial charge in [-0.05, 0) is 49.4 Å².